The van der Waals surface area contributed by atoms with Crippen LogP contribution in [0.15, 0.2) is 35.5 Å². The lowest BCUT2D eigenvalue weighted by atomic mass is 9.83. The molecule has 0 radical (unpaired) electrons. The predicted octanol–water partition coefficient (Wildman–Crippen LogP) is 3.29. The van der Waals surface area contributed by atoms with Crippen LogP contribution in [0.25, 0.3) is 6.08 Å². The molecule has 0 saturated heterocycles. The molecule has 0 amide bonds. The van der Waals surface area contributed by atoms with Crippen molar-refractivity contribution in [2.75, 3.05) is 0 Å². The Morgan fingerprint density at radius 1 is 1.06 bits per heavy atom. The van der Waals surface area contributed by atoms with Crippen LogP contribution in [0.4, 0.5) is 0 Å². The fourth-order valence-electron chi connectivity index (χ4n) is 2.46. The summed E-state index contributed by atoms with van der Waals surface area (Å²) in [4.78, 5) is 7.23. The molecule has 0 aromatic heterocycles. The number of fused-ring (bicyclic) bond motifs is 3. The number of aliphatic imine (C=N–C) groups is 1. The monoisotopic (exact) mass is 226 g/mol. The summed E-state index contributed by atoms with van der Waals surface area (Å²) in [5.74, 6) is 1.11. The molecule has 2 heterocycles. The van der Waals surface area contributed by atoms with Gasteiger partial charge in [0.2, 0.25) is 0 Å². The zero-order valence-corrected chi connectivity index (χ0v) is 10.9. The molecule has 2 nitrogen and oxygen atoms in total. The fourth-order valence-corrected chi connectivity index (χ4v) is 2.46. The maximum atomic E-state index is 4.93. The highest BCUT2D eigenvalue weighted by atomic mass is 15.3. The molecule has 0 aliphatic carbocycles. The third-order valence-corrected chi connectivity index (χ3v) is 4.32. The zero-order chi connectivity index (χ0) is 12.3. The molecule has 0 fully saturated rings. The highest BCUT2D eigenvalue weighted by Gasteiger charge is 2.49. The lowest BCUT2D eigenvalue weighted by Gasteiger charge is -2.40. The van der Waals surface area contributed by atoms with Crippen LogP contribution in [0, 0.1) is 0 Å². The van der Waals surface area contributed by atoms with Gasteiger partial charge in [-0.2, -0.15) is 0 Å². The van der Waals surface area contributed by atoms with Gasteiger partial charge in [-0.1, -0.05) is 24.3 Å². The lowest BCUT2D eigenvalue weighted by molar-refractivity contribution is 0.205. The second kappa shape index (κ2) is 3.00. The molecule has 17 heavy (non-hydrogen) atoms. The molecule has 88 valence electrons. The Labute approximate surface area is 103 Å². The van der Waals surface area contributed by atoms with Crippen LogP contribution in [0.2, 0.25) is 0 Å². The Hall–Kier alpha value is -1.57. The standard InChI is InChI=1S/C15H18N2/c1-14(2)15(3,4)17-10-9-11-7-5-6-8-12(11)13(17)16-14/h5-10H,1-4H3. The molecule has 2 heteroatoms. The van der Waals surface area contributed by atoms with E-state index >= 15 is 0 Å². The van der Waals surface area contributed by atoms with Crippen molar-refractivity contribution >= 4 is 11.9 Å². The highest BCUT2D eigenvalue weighted by molar-refractivity contribution is 6.06. The smallest absolute Gasteiger partial charge is 0.136 e. The predicted molar refractivity (Wildman–Crippen MR) is 72.0 cm³/mol. The van der Waals surface area contributed by atoms with Crippen molar-refractivity contribution in [2.24, 2.45) is 4.99 Å². The van der Waals surface area contributed by atoms with Crippen molar-refractivity contribution < 1.29 is 0 Å². The molecule has 0 unspecified atom stereocenters. The summed E-state index contributed by atoms with van der Waals surface area (Å²) in [5.41, 5.74) is 2.46. The first-order valence-electron chi connectivity index (χ1n) is 6.10. The summed E-state index contributed by atoms with van der Waals surface area (Å²) < 4.78 is 0. The highest BCUT2D eigenvalue weighted by Crippen LogP contribution is 2.41. The van der Waals surface area contributed by atoms with Crippen molar-refractivity contribution in [3.8, 4) is 0 Å². The van der Waals surface area contributed by atoms with E-state index in [-0.39, 0.29) is 11.1 Å². The summed E-state index contributed by atoms with van der Waals surface area (Å²) in [6.45, 7) is 8.91. The largest absolute Gasteiger partial charge is 0.325 e. The van der Waals surface area contributed by atoms with Gasteiger partial charge in [-0.25, -0.2) is 0 Å². The zero-order valence-electron chi connectivity index (χ0n) is 10.9. The molecule has 2 aliphatic rings. The Morgan fingerprint density at radius 2 is 1.76 bits per heavy atom. The van der Waals surface area contributed by atoms with Gasteiger partial charge in [-0.05, 0) is 39.3 Å². The van der Waals surface area contributed by atoms with Crippen LogP contribution in [0.1, 0.15) is 38.8 Å². The van der Waals surface area contributed by atoms with E-state index in [4.69, 9.17) is 4.99 Å². The van der Waals surface area contributed by atoms with E-state index in [0.29, 0.717) is 0 Å². The molecule has 0 saturated carbocycles. The van der Waals surface area contributed by atoms with Gasteiger partial charge in [0.1, 0.15) is 5.84 Å². The van der Waals surface area contributed by atoms with Gasteiger partial charge in [-0.15, -0.1) is 0 Å². The summed E-state index contributed by atoms with van der Waals surface area (Å²) in [6, 6.07) is 8.45. The van der Waals surface area contributed by atoms with E-state index in [1.165, 1.54) is 11.1 Å². The first-order valence-corrected chi connectivity index (χ1v) is 6.10. The molecule has 0 spiro atoms. The van der Waals surface area contributed by atoms with Crippen molar-refractivity contribution in [1.82, 2.24) is 4.90 Å². The van der Waals surface area contributed by atoms with Crippen LogP contribution in [0.5, 0.6) is 0 Å². The molecule has 1 aromatic carbocycles. The molecule has 2 aliphatic heterocycles. The van der Waals surface area contributed by atoms with Crippen molar-refractivity contribution in [3.63, 3.8) is 0 Å². The van der Waals surface area contributed by atoms with Crippen LogP contribution >= 0.6 is 0 Å². The second-order valence-corrected chi connectivity index (χ2v) is 5.83. The minimum Gasteiger partial charge on any atom is -0.325 e. The number of hydrogen-bond donors (Lipinski definition) is 0. The van der Waals surface area contributed by atoms with E-state index in [0.717, 1.165) is 5.84 Å². The molecular formula is C15H18N2. The summed E-state index contributed by atoms with van der Waals surface area (Å²) in [6.07, 6.45) is 4.34. The molecular weight excluding hydrogens is 208 g/mol. The van der Waals surface area contributed by atoms with Crippen LogP contribution < -0.4 is 0 Å². The van der Waals surface area contributed by atoms with E-state index in [1.807, 2.05) is 0 Å². The third kappa shape index (κ3) is 1.24. The summed E-state index contributed by atoms with van der Waals surface area (Å²) in [7, 11) is 0. The Morgan fingerprint density at radius 3 is 2.53 bits per heavy atom. The quantitative estimate of drug-likeness (QED) is 0.662. The number of benzene rings is 1. The van der Waals surface area contributed by atoms with Gasteiger partial charge >= 0.3 is 0 Å². The van der Waals surface area contributed by atoms with Crippen LogP contribution in [-0.2, 0) is 0 Å². The lowest BCUT2D eigenvalue weighted by Crippen LogP contribution is -2.51. The van der Waals surface area contributed by atoms with E-state index < -0.39 is 0 Å². The van der Waals surface area contributed by atoms with Crippen molar-refractivity contribution in [1.29, 1.82) is 0 Å². The first-order chi connectivity index (χ1) is 7.93. The second-order valence-electron chi connectivity index (χ2n) is 5.83. The van der Waals surface area contributed by atoms with Crippen LogP contribution in [-0.4, -0.2) is 21.8 Å². The van der Waals surface area contributed by atoms with Gasteiger partial charge in [0.05, 0.1) is 11.1 Å². The SMILES string of the molecule is CC1(C)N=C2c3ccccc3C=CN2C1(C)C. The van der Waals surface area contributed by atoms with Gasteiger partial charge in [-0.3, -0.25) is 4.99 Å². The minimum absolute atomic E-state index is 0.0202. The van der Waals surface area contributed by atoms with Gasteiger partial charge in [0.15, 0.2) is 0 Å². The number of nitrogens with zero attached hydrogens (tertiary/aromatic N) is 2. The van der Waals surface area contributed by atoms with Crippen molar-refractivity contribution in [3.05, 3.63) is 41.6 Å². The third-order valence-electron chi connectivity index (χ3n) is 4.32. The molecule has 0 bridgehead atoms. The Kier molecular flexibility index (Phi) is 1.87. The first kappa shape index (κ1) is 10.6. The van der Waals surface area contributed by atoms with E-state index in [9.17, 15) is 0 Å². The van der Waals surface area contributed by atoms with Gasteiger partial charge in [0.25, 0.3) is 0 Å². The Balaban J connectivity index is 2.22. The molecule has 0 N–H and O–H groups in total. The molecule has 3 rings (SSSR count). The number of rotatable bonds is 0. The average molecular weight is 226 g/mol. The van der Waals surface area contributed by atoms with E-state index in [1.54, 1.807) is 0 Å². The summed E-state index contributed by atoms with van der Waals surface area (Å²) >= 11 is 0. The molecule has 1 aromatic rings. The number of amidine groups is 1. The normalized spacial score (nSPS) is 23.1. The maximum Gasteiger partial charge on any atom is 0.136 e. The molecule has 0 atom stereocenters. The van der Waals surface area contributed by atoms with Gasteiger partial charge < -0.3 is 4.90 Å². The topological polar surface area (TPSA) is 15.6 Å². The maximum absolute atomic E-state index is 4.93. The average Bonchev–Trinajstić information content (AvgIpc) is 2.46. The van der Waals surface area contributed by atoms with Crippen LogP contribution in [0.3, 0.4) is 0 Å². The minimum atomic E-state index is -0.0654. The van der Waals surface area contributed by atoms with Crippen molar-refractivity contribution in [2.45, 2.75) is 38.8 Å². The Bertz CT molecular complexity index is 536. The number of hydrogen-bond acceptors (Lipinski definition) is 2. The summed E-state index contributed by atoms with van der Waals surface area (Å²) in [5, 5.41) is 0. The van der Waals surface area contributed by atoms with Gasteiger partial charge in [0, 0.05) is 11.8 Å². The van der Waals surface area contributed by atoms with E-state index in [2.05, 4.69) is 69.1 Å². The fraction of sp³-hybridized carbons (Fsp3) is 0.400.